The monoisotopic (exact) mass is 469 g/mol. The Morgan fingerprint density at radius 3 is 2.35 bits per heavy atom. The second kappa shape index (κ2) is 7.80. The SMILES string of the molecule is O=C(Nc1csc(-c2ccc(Cl)c(Cl)c2)c1C(=O)O)c1ccc(Br)cc1. The number of aromatic carboxylic acids is 1. The van der Waals surface area contributed by atoms with Crippen LogP contribution in [0.4, 0.5) is 5.69 Å². The van der Waals surface area contributed by atoms with E-state index in [2.05, 4.69) is 21.2 Å². The van der Waals surface area contributed by atoms with E-state index in [1.807, 2.05) is 0 Å². The number of hydrogen-bond acceptors (Lipinski definition) is 3. The largest absolute Gasteiger partial charge is 0.478 e. The standard InChI is InChI=1S/C18H10BrCl2NO3S/c19-11-4-1-9(2-5-11)17(23)22-14-8-26-16(15(14)18(24)25)10-3-6-12(20)13(21)7-10/h1-8H,(H,22,23)(H,24,25). The first kappa shape index (κ1) is 18.9. The van der Waals surface area contributed by atoms with Crippen molar-refractivity contribution in [2.75, 3.05) is 5.32 Å². The summed E-state index contributed by atoms with van der Waals surface area (Å²) in [6.07, 6.45) is 0. The molecule has 4 nitrogen and oxygen atoms in total. The molecule has 1 aromatic heterocycles. The zero-order valence-electron chi connectivity index (χ0n) is 12.9. The summed E-state index contributed by atoms with van der Waals surface area (Å²) in [5.74, 6) is -1.53. The molecule has 3 aromatic rings. The molecule has 0 fully saturated rings. The van der Waals surface area contributed by atoms with E-state index in [4.69, 9.17) is 23.2 Å². The van der Waals surface area contributed by atoms with Crippen LogP contribution in [0.1, 0.15) is 20.7 Å². The van der Waals surface area contributed by atoms with Crippen molar-refractivity contribution in [2.45, 2.75) is 0 Å². The lowest BCUT2D eigenvalue weighted by atomic mass is 10.1. The van der Waals surface area contributed by atoms with Gasteiger partial charge in [0.1, 0.15) is 5.56 Å². The third kappa shape index (κ3) is 3.94. The van der Waals surface area contributed by atoms with Crippen LogP contribution < -0.4 is 5.32 Å². The summed E-state index contributed by atoms with van der Waals surface area (Å²) in [6, 6.07) is 11.7. The van der Waals surface area contributed by atoms with Crippen LogP contribution in [-0.2, 0) is 0 Å². The van der Waals surface area contributed by atoms with Crippen LogP contribution in [0.15, 0.2) is 52.3 Å². The van der Waals surface area contributed by atoms with Gasteiger partial charge in [0.25, 0.3) is 5.91 Å². The van der Waals surface area contributed by atoms with Crippen LogP contribution in [0.25, 0.3) is 10.4 Å². The Bertz CT molecular complexity index is 1000. The number of halogens is 3. The van der Waals surface area contributed by atoms with Crippen molar-refractivity contribution >= 4 is 68.0 Å². The first-order chi connectivity index (χ1) is 12.4. The Morgan fingerprint density at radius 1 is 1.04 bits per heavy atom. The number of carbonyl (C=O) groups excluding carboxylic acids is 1. The zero-order valence-corrected chi connectivity index (χ0v) is 16.8. The summed E-state index contributed by atoms with van der Waals surface area (Å²) in [5.41, 5.74) is 1.29. The van der Waals surface area contributed by atoms with Gasteiger partial charge in [-0.3, -0.25) is 4.79 Å². The van der Waals surface area contributed by atoms with Gasteiger partial charge in [0, 0.05) is 15.4 Å². The average Bonchev–Trinajstić information content (AvgIpc) is 3.01. The third-order valence-corrected chi connectivity index (χ3v) is 5.84. The fourth-order valence-electron chi connectivity index (χ4n) is 2.31. The molecule has 1 heterocycles. The molecule has 0 atom stereocenters. The number of thiophene rings is 1. The summed E-state index contributed by atoms with van der Waals surface area (Å²) in [7, 11) is 0. The molecule has 0 radical (unpaired) electrons. The number of rotatable bonds is 4. The van der Waals surface area contributed by atoms with Crippen molar-refractivity contribution in [3.63, 3.8) is 0 Å². The molecule has 0 aliphatic carbocycles. The molecule has 2 aromatic carbocycles. The Labute approximate surface area is 171 Å². The van der Waals surface area contributed by atoms with Gasteiger partial charge in [-0.1, -0.05) is 45.2 Å². The van der Waals surface area contributed by atoms with E-state index in [0.717, 1.165) is 4.47 Å². The van der Waals surface area contributed by atoms with Gasteiger partial charge < -0.3 is 10.4 Å². The minimum Gasteiger partial charge on any atom is -0.478 e. The third-order valence-electron chi connectivity index (χ3n) is 3.54. The van der Waals surface area contributed by atoms with E-state index in [0.29, 0.717) is 26.0 Å². The predicted octanol–water partition coefficient (Wildman–Crippen LogP) is 6.43. The second-order valence-electron chi connectivity index (χ2n) is 5.25. The van der Waals surface area contributed by atoms with Crippen molar-refractivity contribution < 1.29 is 14.7 Å². The first-order valence-corrected chi connectivity index (χ1v) is 9.67. The molecule has 0 spiro atoms. The number of carbonyl (C=O) groups is 2. The van der Waals surface area contributed by atoms with Gasteiger partial charge in [0.2, 0.25) is 0 Å². The van der Waals surface area contributed by atoms with Crippen molar-refractivity contribution in [1.82, 2.24) is 0 Å². The molecule has 3 rings (SSSR count). The van der Waals surface area contributed by atoms with Gasteiger partial charge in [-0.25, -0.2) is 4.79 Å². The molecular formula is C18H10BrCl2NO3S. The molecular weight excluding hydrogens is 461 g/mol. The van der Waals surface area contributed by atoms with Crippen molar-refractivity contribution in [3.05, 3.63) is 73.5 Å². The van der Waals surface area contributed by atoms with Crippen LogP contribution >= 0.6 is 50.5 Å². The minimum absolute atomic E-state index is 0.0128. The molecule has 0 aliphatic rings. The highest BCUT2D eigenvalue weighted by molar-refractivity contribution is 9.10. The molecule has 0 unspecified atom stereocenters. The molecule has 0 saturated heterocycles. The quantitative estimate of drug-likeness (QED) is 0.461. The maximum Gasteiger partial charge on any atom is 0.339 e. The Balaban J connectivity index is 1.97. The van der Waals surface area contributed by atoms with Gasteiger partial charge >= 0.3 is 5.97 Å². The molecule has 132 valence electrons. The zero-order chi connectivity index (χ0) is 18.8. The van der Waals surface area contributed by atoms with Crippen LogP contribution in [-0.4, -0.2) is 17.0 Å². The van der Waals surface area contributed by atoms with E-state index < -0.39 is 11.9 Å². The van der Waals surface area contributed by atoms with E-state index in [-0.39, 0.29) is 11.3 Å². The molecule has 26 heavy (non-hydrogen) atoms. The second-order valence-corrected chi connectivity index (χ2v) is 7.86. The summed E-state index contributed by atoms with van der Waals surface area (Å²) < 4.78 is 0.845. The van der Waals surface area contributed by atoms with E-state index >= 15 is 0 Å². The van der Waals surface area contributed by atoms with Gasteiger partial charge in [0.15, 0.2) is 0 Å². The number of carboxylic acid groups (broad SMARTS) is 1. The number of hydrogen-bond donors (Lipinski definition) is 2. The lowest BCUT2D eigenvalue weighted by Crippen LogP contribution is -2.13. The van der Waals surface area contributed by atoms with Gasteiger partial charge in [0.05, 0.1) is 20.6 Å². The molecule has 0 aliphatic heterocycles. The van der Waals surface area contributed by atoms with Gasteiger partial charge in [-0.15, -0.1) is 11.3 Å². The number of nitrogens with one attached hydrogen (secondary N) is 1. The van der Waals surface area contributed by atoms with E-state index in [9.17, 15) is 14.7 Å². The van der Waals surface area contributed by atoms with E-state index in [1.54, 1.807) is 47.8 Å². The first-order valence-electron chi connectivity index (χ1n) is 7.24. The summed E-state index contributed by atoms with van der Waals surface area (Å²) in [6.45, 7) is 0. The van der Waals surface area contributed by atoms with Gasteiger partial charge in [-0.2, -0.15) is 0 Å². The molecule has 8 heteroatoms. The highest BCUT2D eigenvalue weighted by Gasteiger charge is 2.22. The van der Waals surface area contributed by atoms with Gasteiger partial charge in [-0.05, 0) is 42.0 Å². The molecule has 2 N–H and O–H groups in total. The van der Waals surface area contributed by atoms with Crippen LogP contribution in [0.2, 0.25) is 10.0 Å². The Hall–Kier alpha value is -1.86. The summed E-state index contributed by atoms with van der Waals surface area (Å²) >= 11 is 16.5. The lowest BCUT2D eigenvalue weighted by Gasteiger charge is -2.07. The number of benzene rings is 2. The Kier molecular flexibility index (Phi) is 5.67. The Morgan fingerprint density at radius 2 is 1.73 bits per heavy atom. The fourth-order valence-corrected chi connectivity index (χ4v) is 3.86. The highest BCUT2D eigenvalue weighted by atomic mass is 79.9. The maximum atomic E-state index is 12.4. The highest BCUT2D eigenvalue weighted by Crippen LogP contribution is 2.38. The number of anilines is 1. The minimum atomic E-state index is -1.14. The number of carboxylic acids is 1. The maximum absolute atomic E-state index is 12.4. The lowest BCUT2D eigenvalue weighted by molar-refractivity contribution is 0.0699. The predicted molar refractivity (Wildman–Crippen MR) is 109 cm³/mol. The average molecular weight is 471 g/mol. The molecule has 0 saturated carbocycles. The van der Waals surface area contributed by atoms with Crippen molar-refractivity contribution in [3.8, 4) is 10.4 Å². The number of amides is 1. The van der Waals surface area contributed by atoms with Crippen LogP contribution in [0.5, 0.6) is 0 Å². The smallest absolute Gasteiger partial charge is 0.339 e. The molecule has 0 bridgehead atoms. The molecule has 1 amide bonds. The summed E-state index contributed by atoms with van der Waals surface area (Å²) in [4.78, 5) is 24.7. The van der Waals surface area contributed by atoms with Crippen molar-refractivity contribution in [1.29, 1.82) is 0 Å². The normalized spacial score (nSPS) is 10.6. The van der Waals surface area contributed by atoms with Crippen LogP contribution in [0.3, 0.4) is 0 Å². The van der Waals surface area contributed by atoms with E-state index in [1.165, 1.54) is 11.3 Å². The fraction of sp³-hybridized carbons (Fsp3) is 0. The van der Waals surface area contributed by atoms with Crippen molar-refractivity contribution in [2.24, 2.45) is 0 Å². The topological polar surface area (TPSA) is 66.4 Å². The summed E-state index contributed by atoms with van der Waals surface area (Å²) in [5, 5.41) is 14.6. The van der Waals surface area contributed by atoms with Crippen LogP contribution in [0, 0.1) is 0 Å².